The van der Waals surface area contributed by atoms with E-state index in [9.17, 15) is 9.18 Å². The van der Waals surface area contributed by atoms with Crippen molar-refractivity contribution in [2.24, 2.45) is 0 Å². The number of carboxylic acid groups (broad SMARTS) is 1. The van der Waals surface area contributed by atoms with E-state index in [0.29, 0.717) is 17.4 Å². The maximum absolute atomic E-state index is 13.6. The van der Waals surface area contributed by atoms with Gasteiger partial charge in [-0.2, -0.15) is 0 Å². The molecule has 2 N–H and O–H groups in total. The fourth-order valence-electron chi connectivity index (χ4n) is 2.38. The Labute approximate surface area is 143 Å². The lowest BCUT2D eigenvalue weighted by Gasteiger charge is -2.18. The molecule has 2 aromatic rings. The number of carbonyl (C=O) groups is 1. The first-order chi connectivity index (χ1) is 11.0. The number of carboxylic acids is 1. The highest BCUT2D eigenvalue weighted by Gasteiger charge is 2.12. The molecule has 23 heavy (non-hydrogen) atoms. The van der Waals surface area contributed by atoms with Crippen LogP contribution in [0.25, 0.3) is 0 Å². The first-order valence-corrected chi connectivity index (χ1v) is 8.27. The van der Waals surface area contributed by atoms with E-state index in [0.717, 1.165) is 17.5 Å². The van der Waals surface area contributed by atoms with Gasteiger partial charge in [0.2, 0.25) is 0 Å². The van der Waals surface area contributed by atoms with Gasteiger partial charge in [-0.1, -0.05) is 36.4 Å². The molecule has 0 heterocycles. The molecule has 0 aliphatic rings. The van der Waals surface area contributed by atoms with E-state index < -0.39 is 5.97 Å². The predicted octanol–water partition coefficient (Wildman–Crippen LogP) is 4.15. The van der Waals surface area contributed by atoms with Crippen LogP contribution in [0, 0.1) is 5.82 Å². The Morgan fingerprint density at radius 2 is 1.91 bits per heavy atom. The zero-order valence-electron chi connectivity index (χ0n) is 12.6. The number of benzene rings is 2. The van der Waals surface area contributed by atoms with E-state index in [1.807, 2.05) is 36.4 Å². The van der Waals surface area contributed by atoms with Gasteiger partial charge in [0.25, 0.3) is 0 Å². The summed E-state index contributed by atoms with van der Waals surface area (Å²) in [5, 5.41) is 12.2. The molecule has 0 spiro atoms. The topological polar surface area (TPSA) is 49.3 Å². The van der Waals surface area contributed by atoms with E-state index >= 15 is 0 Å². The molecule has 0 fully saturated rings. The SMILES string of the molecule is O=C(O)CCC(Cc1ccccc1)NCc1ccc(Br)c(F)c1. The first-order valence-electron chi connectivity index (χ1n) is 7.47. The maximum Gasteiger partial charge on any atom is 0.303 e. The molecule has 3 nitrogen and oxygen atoms in total. The van der Waals surface area contributed by atoms with Crippen LogP contribution in [0.5, 0.6) is 0 Å². The summed E-state index contributed by atoms with van der Waals surface area (Å²) in [7, 11) is 0. The Balaban J connectivity index is 1.98. The van der Waals surface area contributed by atoms with Crippen LogP contribution >= 0.6 is 15.9 Å². The van der Waals surface area contributed by atoms with E-state index in [1.165, 1.54) is 6.07 Å². The number of aliphatic carboxylic acids is 1. The lowest BCUT2D eigenvalue weighted by Crippen LogP contribution is -2.31. The molecular formula is C18H19BrFNO2. The van der Waals surface area contributed by atoms with Gasteiger partial charge in [-0.05, 0) is 52.0 Å². The summed E-state index contributed by atoms with van der Waals surface area (Å²) >= 11 is 3.13. The third kappa shape index (κ3) is 6.12. The summed E-state index contributed by atoms with van der Waals surface area (Å²) in [5.41, 5.74) is 1.98. The van der Waals surface area contributed by atoms with Gasteiger partial charge in [0.15, 0.2) is 0 Å². The van der Waals surface area contributed by atoms with Crippen LogP contribution in [-0.4, -0.2) is 17.1 Å². The summed E-state index contributed by atoms with van der Waals surface area (Å²) in [6.07, 6.45) is 1.38. The second-order valence-corrected chi connectivity index (χ2v) is 6.30. The number of halogens is 2. The van der Waals surface area contributed by atoms with Gasteiger partial charge < -0.3 is 10.4 Å². The molecule has 0 amide bonds. The van der Waals surface area contributed by atoms with E-state index in [1.54, 1.807) is 6.07 Å². The minimum absolute atomic E-state index is 0.0280. The zero-order chi connectivity index (χ0) is 16.7. The lowest BCUT2D eigenvalue weighted by molar-refractivity contribution is -0.137. The van der Waals surface area contributed by atoms with Crippen LogP contribution in [-0.2, 0) is 17.8 Å². The average Bonchev–Trinajstić information content (AvgIpc) is 2.54. The Kier molecular flexibility index (Phi) is 6.74. The molecular weight excluding hydrogens is 361 g/mol. The third-order valence-corrected chi connectivity index (χ3v) is 4.25. The van der Waals surface area contributed by atoms with Crippen molar-refractivity contribution < 1.29 is 14.3 Å². The van der Waals surface area contributed by atoms with Gasteiger partial charge in [0.1, 0.15) is 5.82 Å². The predicted molar refractivity (Wildman–Crippen MR) is 91.7 cm³/mol. The highest BCUT2D eigenvalue weighted by molar-refractivity contribution is 9.10. The highest BCUT2D eigenvalue weighted by Crippen LogP contribution is 2.17. The minimum Gasteiger partial charge on any atom is -0.481 e. The zero-order valence-corrected chi connectivity index (χ0v) is 14.2. The molecule has 1 atom stereocenters. The van der Waals surface area contributed by atoms with Gasteiger partial charge >= 0.3 is 5.97 Å². The number of nitrogens with one attached hydrogen (secondary N) is 1. The first kappa shape index (κ1) is 17.6. The molecule has 0 radical (unpaired) electrons. The van der Waals surface area contributed by atoms with Crippen molar-refractivity contribution in [3.63, 3.8) is 0 Å². The van der Waals surface area contributed by atoms with E-state index in [2.05, 4.69) is 21.2 Å². The van der Waals surface area contributed by atoms with Gasteiger partial charge in [-0.15, -0.1) is 0 Å². The molecule has 5 heteroatoms. The van der Waals surface area contributed by atoms with Crippen molar-refractivity contribution in [2.75, 3.05) is 0 Å². The molecule has 2 rings (SSSR count). The Morgan fingerprint density at radius 3 is 2.57 bits per heavy atom. The normalized spacial score (nSPS) is 12.1. The minimum atomic E-state index is -0.806. The standard InChI is InChI=1S/C18H19BrFNO2/c19-16-8-6-14(11-17(16)20)12-21-15(7-9-18(22)23)10-13-4-2-1-3-5-13/h1-6,8,11,15,21H,7,9-10,12H2,(H,22,23). The van der Waals surface area contributed by atoms with Crippen molar-refractivity contribution in [2.45, 2.75) is 31.8 Å². The Bertz CT molecular complexity index is 649. The van der Waals surface area contributed by atoms with Gasteiger partial charge in [0.05, 0.1) is 4.47 Å². The Morgan fingerprint density at radius 1 is 1.17 bits per heavy atom. The van der Waals surface area contributed by atoms with Crippen molar-refractivity contribution >= 4 is 21.9 Å². The van der Waals surface area contributed by atoms with Gasteiger partial charge in [0, 0.05) is 19.0 Å². The molecule has 0 saturated carbocycles. The number of hydrogen-bond acceptors (Lipinski definition) is 2. The molecule has 0 aliphatic carbocycles. The van der Waals surface area contributed by atoms with Crippen molar-refractivity contribution in [3.05, 3.63) is 69.9 Å². The van der Waals surface area contributed by atoms with Crippen LogP contribution in [0.1, 0.15) is 24.0 Å². The summed E-state index contributed by atoms with van der Waals surface area (Å²) in [6.45, 7) is 0.501. The van der Waals surface area contributed by atoms with Gasteiger partial charge in [-0.25, -0.2) is 4.39 Å². The largest absolute Gasteiger partial charge is 0.481 e. The second kappa shape index (κ2) is 8.79. The summed E-state index contributed by atoms with van der Waals surface area (Å²) in [4.78, 5) is 10.8. The van der Waals surface area contributed by atoms with Crippen LogP contribution < -0.4 is 5.32 Å². The average molecular weight is 380 g/mol. The van der Waals surface area contributed by atoms with Crippen molar-refractivity contribution in [3.8, 4) is 0 Å². The van der Waals surface area contributed by atoms with Crippen LogP contribution in [0.15, 0.2) is 53.0 Å². The second-order valence-electron chi connectivity index (χ2n) is 5.45. The number of rotatable bonds is 8. The molecule has 1 unspecified atom stereocenters. The third-order valence-electron chi connectivity index (χ3n) is 3.61. The quantitative estimate of drug-likeness (QED) is 0.723. The van der Waals surface area contributed by atoms with E-state index in [4.69, 9.17) is 5.11 Å². The van der Waals surface area contributed by atoms with Crippen molar-refractivity contribution in [1.29, 1.82) is 0 Å². The number of hydrogen-bond donors (Lipinski definition) is 2. The van der Waals surface area contributed by atoms with E-state index in [-0.39, 0.29) is 18.3 Å². The summed E-state index contributed by atoms with van der Waals surface area (Å²) in [5.74, 6) is -1.10. The summed E-state index contributed by atoms with van der Waals surface area (Å²) in [6, 6.07) is 15.0. The van der Waals surface area contributed by atoms with Crippen LogP contribution in [0.4, 0.5) is 4.39 Å². The molecule has 122 valence electrons. The molecule has 0 bridgehead atoms. The molecule has 0 saturated heterocycles. The lowest BCUT2D eigenvalue weighted by atomic mass is 10.0. The summed E-state index contributed by atoms with van der Waals surface area (Å²) < 4.78 is 14.0. The maximum atomic E-state index is 13.6. The molecule has 0 aliphatic heterocycles. The monoisotopic (exact) mass is 379 g/mol. The van der Waals surface area contributed by atoms with Crippen LogP contribution in [0.2, 0.25) is 0 Å². The van der Waals surface area contributed by atoms with Gasteiger partial charge in [-0.3, -0.25) is 4.79 Å². The van der Waals surface area contributed by atoms with Crippen molar-refractivity contribution in [1.82, 2.24) is 5.32 Å². The van der Waals surface area contributed by atoms with Crippen LogP contribution in [0.3, 0.4) is 0 Å². The smallest absolute Gasteiger partial charge is 0.303 e. The fraction of sp³-hybridized carbons (Fsp3) is 0.278. The molecule has 2 aromatic carbocycles. The Hall–Kier alpha value is -1.72. The molecule has 0 aromatic heterocycles. The highest BCUT2D eigenvalue weighted by atomic mass is 79.9. The fourth-order valence-corrected chi connectivity index (χ4v) is 2.63.